The maximum absolute atomic E-state index is 13.3. The highest BCUT2D eigenvalue weighted by atomic mass is 19.4. The zero-order valence-electron chi connectivity index (χ0n) is 17.4. The highest BCUT2D eigenvalue weighted by Crippen LogP contribution is 2.35. The van der Waals surface area contributed by atoms with Gasteiger partial charge in [0, 0.05) is 30.4 Å². The summed E-state index contributed by atoms with van der Waals surface area (Å²) < 4.78 is 39.8. The van der Waals surface area contributed by atoms with Crippen molar-refractivity contribution >= 4 is 17.5 Å². The summed E-state index contributed by atoms with van der Waals surface area (Å²) in [4.78, 5) is 11.7. The molecule has 0 spiro atoms. The molecule has 2 aliphatic rings. The lowest BCUT2D eigenvalue weighted by molar-refractivity contribution is -0.138. The van der Waals surface area contributed by atoms with Gasteiger partial charge < -0.3 is 15.5 Å². The fraction of sp³-hybridized carbons (Fsp3) is 0.545. The molecule has 1 atom stereocenters. The van der Waals surface area contributed by atoms with Gasteiger partial charge in [0.2, 0.25) is 5.95 Å². The van der Waals surface area contributed by atoms with Crippen molar-refractivity contribution in [2.45, 2.75) is 58.2 Å². The average Bonchev–Trinajstić information content (AvgIpc) is 3.35. The Morgan fingerprint density at radius 2 is 2.03 bits per heavy atom. The van der Waals surface area contributed by atoms with E-state index in [1.54, 1.807) is 6.07 Å². The smallest absolute Gasteiger partial charge is 0.355 e. The summed E-state index contributed by atoms with van der Waals surface area (Å²) in [7, 11) is 0. The number of hydrogen-bond donors (Lipinski definition) is 2. The fourth-order valence-corrected chi connectivity index (χ4v) is 4.33. The van der Waals surface area contributed by atoms with Crippen molar-refractivity contribution < 1.29 is 13.2 Å². The van der Waals surface area contributed by atoms with Gasteiger partial charge in [0.1, 0.15) is 5.82 Å². The molecule has 1 aromatic carbocycles. The Bertz CT molecular complexity index is 912. The number of fused-ring (bicyclic) bond motifs is 1. The number of nitrogens with zero attached hydrogens (tertiary/aromatic N) is 3. The molecular formula is C22H28F3N5. The molecule has 2 aromatic rings. The van der Waals surface area contributed by atoms with Crippen LogP contribution in [0.25, 0.3) is 0 Å². The second kappa shape index (κ2) is 8.41. The van der Waals surface area contributed by atoms with Crippen LogP contribution in [0.3, 0.4) is 0 Å². The Morgan fingerprint density at radius 1 is 1.20 bits per heavy atom. The molecule has 162 valence electrons. The molecule has 0 saturated carbocycles. The molecule has 1 fully saturated rings. The van der Waals surface area contributed by atoms with Crippen molar-refractivity contribution in [3.05, 3.63) is 40.6 Å². The summed E-state index contributed by atoms with van der Waals surface area (Å²) in [6, 6.07) is 4.69. The molecule has 1 aliphatic carbocycles. The molecule has 0 bridgehead atoms. The van der Waals surface area contributed by atoms with E-state index >= 15 is 0 Å². The van der Waals surface area contributed by atoms with Gasteiger partial charge in [-0.05, 0) is 63.3 Å². The summed E-state index contributed by atoms with van der Waals surface area (Å²) in [6.45, 7) is 6.44. The lowest BCUT2D eigenvalue weighted by Gasteiger charge is -2.22. The summed E-state index contributed by atoms with van der Waals surface area (Å²) in [5.41, 5.74) is 2.11. The van der Waals surface area contributed by atoms with E-state index in [4.69, 9.17) is 4.98 Å². The monoisotopic (exact) mass is 419 g/mol. The van der Waals surface area contributed by atoms with E-state index in [-0.39, 0.29) is 5.56 Å². The van der Waals surface area contributed by atoms with Gasteiger partial charge in [0.05, 0.1) is 11.3 Å². The van der Waals surface area contributed by atoms with Gasteiger partial charge in [-0.15, -0.1) is 0 Å². The van der Waals surface area contributed by atoms with Crippen LogP contribution >= 0.6 is 0 Å². The van der Waals surface area contributed by atoms with Crippen LogP contribution in [0.5, 0.6) is 0 Å². The largest absolute Gasteiger partial charge is 0.416 e. The molecule has 1 aliphatic heterocycles. The SMILES string of the molecule is CCCN[C@H]1CCN(c2nc(Nc3ccc(C)c(C(F)(F)F)c3)nc3c2CCC3)C1. The zero-order chi connectivity index (χ0) is 21.3. The zero-order valence-corrected chi connectivity index (χ0v) is 17.4. The van der Waals surface area contributed by atoms with Crippen molar-refractivity contribution in [1.82, 2.24) is 15.3 Å². The molecule has 1 saturated heterocycles. The number of benzene rings is 1. The van der Waals surface area contributed by atoms with E-state index in [9.17, 15) is 13.2 Å². The quantitative estimate of drug-likeness (QED) is 0.716. The van der Waals surface area contributed by atoms with Gasteiger partial charge in [0.25, 0.3) is 0 Å². The molecule has 0 radical (unpaired) electrons. The minimum Gasteiger partial charge on any atom is -0.355 e. The van der Waals surface area contributed by atoms with Crippen LogP contribution in [-0.2, 0) is 19.0 Å². The summed E-state index contributed by atoms with van der Waals surface area (Å²) in [5.74, 6) is 1.30. The number of aryl methyl sites for hydroxylation is 2. The molecule has 2 heterocycles. The minimum atomic E-state index is -4.39. The van der Waals surface area contributed by atoms with E-state index in [0.717, 1.165) is 69.3 Å². The first kappa shape index (κ1) is 20.9. The second-order valence-electron chi connectivity index (χ2n) is 8.19. The van der Waals surface area contributed by atoms with Crippen LogP contribution < -0.4 is 15.5 Å². The Morgan fingerprint density at radius 3 is 2.80 bits per heavy atom. The van der Waals surface area contributed by atoms with E-state index in [1.807, 2.05) is 0 Å². The molecule has 0 unspecified atom stereocenters. The van der Waals surface area contributed by atoms with Crippen LogP contribution in [0.4, 0.5) is 30.6 Å². The van der Waals surface area contributed by atoms with Crippen LogP contribution in [0.15, 0.2) is 18.2 Å². The number of rotatable bonds is 6. The van der Waals surface area contributed by atoms with Gasteiger partial charge in [-0.2, -0.15) is 18.2 Å². The van der Waals surface area contributed by atoms with E-state index in [1.165, 1.54) is 18.6 Å². The fourth-order valence-electron chi connectivity index (χ4n) is 4.33. The topological polar surface area (TPSA) is 53.1 Å². The summed E-state index contributed by atoms with van der Waals surface area (Å²) >= 11 is 0. The third kappa shape index (κ3) is 4.38. The average molecular weight is 419 g/mol. The van der Waals surface area contributed by atoms with Gasteiger partial charge in [0.15, 0.2) is 0 Å². The number of hydrogen-bond acceptors (Lipinski definition) is 5. The molecule has 5 nitrogen and oxygen atoms in total. The molecule has 4 rings (SSSR count). The van der Waals surface area contributed by atoms with Crippen molar-refractivity contribution in [2.75, 3.05) is 29.9 Å². The predicted molar refractivity (Wildman–Crippen MR) is 112 cm³/mol. The standard InChI is InChI=1S/C22H28F3N5/c1-3-10-26-16-9-11-30(13-16)20-17-5-4-6-19(17)28-21(29-20)27-15-8-7-14(2)18(12-15)22(23,24)25/h7-8,12,16,26H,3-6,9-11,13H2,1-2H3,(H,27,28,29)/t16-/m0/s1. The third-order valence-corrected chi connectivity index (χ3v) is 5.88. The Labute approximate surface area is 175 Å². The van der Waals surface area contributed by atoms with Gasteiger partial charge >= 0.3 is 6.18 Å². The van der Waals surface area contributed by atoms with E-state index in [2.05, 4.69) is 27.4 Å². The number of alkyl halides is 3. The van der Waals surface area contributed by atoms with Crippen molar-refractivity contribution in [3.8, 4) is 0 Å². The van der Waals surface area contributed by atoms with Crippen molar-refractivity contribution in [2.24, 2.45) is 0 Å². The molecule has 2 N–H and O–H groups in total. The van der Waals surface area contributed by atoms with Crippen LogP contribution in [0, 0.1) is 6.92 Å². The first-order chi connectivity index (χ1) is 14.3. The summed E-state index contributed by atoms with van der Waals surface area (Å²) in [5, 5.41) is 6.59. The number of halogens is 3. The first-order valence-corrected chi connectivity index (χ1v) is 10.7. The van der Waals surface area contributed by atoms with Crippen LogP contribution in [0.1, 0.15) is 48.6 Å². The molecule has 0 amide bonds. The number of anilines is 3. The number of nitrogens with one attached hydrogen (secondary N) is 2. The Hall–Kier alpha value is -2.35. The highest BCUT2D eigenvalue weighted by molar-refractivity contribution is 5.61. The number of aromatic nitrogens is 2. The third-order valence-electron chi connectivity index (χ3n) is 5.88. The molecule has 8 heteroatoms. The van der Waals surface area contributed by atoms with Gasteiger partial charge in [-0.25, -0.2) is 4.98 Å². The van der Waals surface area contributed by atoms with E-state index < -0.39 is 11.7 Å². The van der Waals surface area contributed by atoms with E-state index in [0.29, 0.717) is 17.7 Å². The van der Waals surface area contributed by atoms with Crippen molar-refractivity contribution in [1.29, 1.82) is 0 Å². The molecule has 1 aromatic heterocycles. The van der Waals surface area contributed by atoms with Gasteiger partial charge in [-0.3, -0.25) is 0 Å². The molecule has 30 heavy (non-hydrogen) atoms. The maximum atomic E-state index is 13.3. The normalized spacial score (nSPS) is 18.7. The maximum Gasteiger partial charge on any atom is 0.416 e. The first-order valence-electron chi connectivity index (χ1n) is 10.7. The Kier molecular flexibility index (Phi) is 5.86. The van der Waals surface area contributed by atoms with Crippen molar-refractivity contribution in [3.63, 3.8) is 0 Å². The Balaban J connectivity index is 1.59. The lowest BCUT2D eigenvalue weighted by atomic mass is 10.1. The second-order valence-corrected chi connectivity index (χ2v) is 8.19. The van der Waals surface area contributed by atoms with Crippen LogP contribution in [0.2, 0.25) is 0 Å². The van der Waals surface area contributed by atoms with Crippen LogP contribution in [-0.4, -0.2) is 35.6 Å². The molecular weight excluding hydrogens is 391 g/mol. The predicted octanol–water partition coefficient (Wildman–Crippen LogP) is 4.61. The highest BCUT2D eigenvalue weighted by Gasteiger charge is 2.33. The van der Waals surface area contributed by atoms with Gasteiger partial charge in [-0.1, -0.05) is 13.0 Å². The minimum absolute atomic E-state index is 0.200. The lowest BCUT2D eigenvalue weighted by Crippen LogP contribution is -2.33. The summed E-state index contributed by atoms with van der Waals surface area (Å²) in [6.07, 6.45) is 0.651.